The molecule has 0 heterocycles. The van der Waals surface area contributed by atoms with E-state index >= 15 is 0 Å². The molecule has 0 aliphatic heterocycles. The third kappa shape index (κ3) is 4.16. The summed E-state index contributed by atoms with van der Waals surface area (Å²) in [6.45, 7) is 1.96. The molecule has 0 radical (unpaired) electrons. The summed E-state index contributed by atoms with van der Waals surface area (Å²) in [4.78, 5) is 12.1. The van der Waals surface area contributed by atoms with Gasteiger partial charge in [-0.3, -0.25) is 4.79 Å². The highest BCUT2D eigenvalue weighted by Gasteiger charge is 2.24. The van der Waals surface area contributed by atoms with E-state index in [1.165, 1.54) is 6.08 Å². The van der Waals surface area contributed by atoms with Crippen LogP contribution in [0.3, 0.4) is 0 Å². The van der Waals surface area contributed by atoms with E-state index in [-0.39, 0.29) is 5.91 Å². The van der Waals surface area contributed by atoms with Crippen LogP contribution in [0, 0.1) is 6.92 Å². The van der Waals surface area contributed by atoms with Gasteiger partial charge in [-0.15, -0.1) is 0 Å². The molecule has 0 spiro atoms. The number of aryl methyl sites for hydroxylation is 1. The topological polar surface area (TPSA) is 47.6 Å². The molecule has 4 heteroatoms. The number of anilines is 1. The van der Waals surface area contributed by atoms with Crippen molar-refractivity contribution in [2.75, 3.05) is 12.4 Å². The molecule has 3 rings (SSSR count). The maximum atomic E-state index is 12.1. The van der Waals surface area contributed by atoms with Crippen molar-refractivity contribution in [3.05, 3.63) is 59.7 Å². The number of hydrogen-bond acceptors (Lipinski definition) is 3. The molecule has 1 saturated carbocycles. The highest BCUT2D eigenvalue weighted by Crippen LogP contribution is 2.34. The molecule has 124 valence electrons. The molecule has 0 aromatic heterocycles. The fourth-order valence-electron chi connectivity index (χ4n) is 2.31. The van der Waals surface area contributed by atoms with E-state index in [1.807, 2.05) is 49.4 Å². The van der Waals surface area contributed by atoms with Crippen LogP contribution in [-0.2, 0) is 4.79 Å². The number of nitrogens with one attached hydrogen (secondary N) is 1. The van der Waals surface area contributed by atoms with Crippen LogP contribution in [0.15, 0.2) is 48.5 Å². The molecule has 0 bridgehead atoms. The van der Waals surface area contributed by atoms with Crippen LogP contribution in [0.5, 0.6) is 11.5 Å². The van der Waals surface area contributed by atoms with Crippen LogP contribution >= 0.6 is 0 Å². The van der Waals surface area contributed by atoms with E-state index in [1.54, 1.807) is 13.2 Å². The Balaban J connectivity index is 1.67. The first-order valence-corrected chi connectivity index (χ1v) is 8.05. The zero-order valence-electron chi connectivity index (χ0n) is 13.9. The molecule has 0 unspecified atom stereocenters. The van der Waals surface area contributed by atoms with Crippen molar-refractivity contribution in [3.63, 3.8) is 0 Å². The van der Waals surface area contributed by atoms with Gasteiger partial charge in [-0.1, -0.05) is 24.3 Å². The number of methoxy groups -OCH3 is 1. The smallest absolute Gasteiger partial charge is 0.248 e. The summed E-state index contributed by atoms with van der Waals surface area (Å²) in [6.07, 6.45) is 5.80. The SMILES string of the molecule is COc1cc(/C=C/C(=O)Nc2ccccc2C)ccc1OC1CC1. The van der Waals surface area contributed by atoms with E-state index in [0.29, 0.717) is 11.9 Å². The van der Waals surface area contributed by atoms with Gasteiger partial charge in [-0.05, 0) is 55.2 Å². The summed E-state index contributed by atoms with van der Waals surface area (Å²) in [5.74, 6) is 1.27. The van der Waals surface area contributed by atoms with E-state index in [0.717, 1.165) is 35.4 Å². The van der Waals surface area contributed by atoms with Crippen LogP contribution in [0.25, 0.3) is 6.08 Å². The average molecular weight is 323 g/mol. The van der Waals surface area contributed by atoms with Gasteiger partial charge in [0.15, 0.2) is 11.5 Å². The standard InChI is InChI=1S/C20H21NO3/c1-14-5-3-4-6-17(14)21-20(22)12-8-15-7-11-18(19(13-15)23-2)24-16-9-10-16/h3-8,11-13,16H,9-10H2,1-2H3,(H,21,22)/b12-8+. The number of amides is 1. The number of carbonyl (C=O) groups is 1. The van der Waals surface area contributed by atoms with E-state index in [4.69, 9.17) is 9.47 Å². The van der Waals surface area contributed by atoms with Crippen LogP contribution < -0.4 is 14.8 Å². The van der Waals surface area contributed by atoms with Gasteiger partial charge in [0, 0.05) is 11.8 Å². The lowest BCUT2D eigenvalue weighted by Gasteiger charge is -2.10. The molecule has 1 aliphatic carbocycles. The van der Waals surface area contributed by atoms with Crippen molar-refractivity contribution in [2.45, 2.75) is 25.9 Å². The van der Waals surface area contributed by atoms with Crippen molar-refractivity contribution >= 4 is 17.7 Å². The Morgan fingerprint density at radius 1 is 1.17 bits per heavy atom. The van der Waals surface area contributed by atoms with Crippen LogP contribution in [-0.4, -0.2) is 19.1 Å². The van der Waals surface area contributed by atoms with Gasteiger partial charge in [0.1, 0.15) is 0 Å². The average Bonchev–Trinajstić information content (AvgIpc) is 3.40. The van der Waals surface area contributed by atoms with Crippen molar-refractivity contribution in [1.82, 2.24) is 0 Å². The normalized spacial score (nSPS) is 13.8. The molecular weight excluding hydrogens is 302 g/mol. The number of hydrogen-bond donors (Lipinski definition) is 1. The summed E-state index contributed by atoms with van der Waals surface area (Å²) < 4.78 is 11.2. The number of para-hydroxylation sites is 1. The largest absolute Gasteiger partial charge is 0.493 e. The summed E-state index contributed by atoms with van der Waals surface area (Å²) in [5, 5.41) is 2.87. The Kier molecular flexibility index (Phi) is 4.85. The quantitative estimate of drug-likeness (QED) is 0.811. The molecule has 0 atom stereocenters. The van der Waals surface area contributed by atoms with E-state index in [2.05, 4.69) is 5.32 Å². The molecule has 2 aromatic carbocycles. The summed E-state index contributed by atoms with van der Waals surface area (Å²) in [6, 6.07) is 13.4. The Morgan fingerprint density at radius 3 is 2.67 bits per heavy atom. The van der Waals surface area contributed by atoms with E-state index in [9.17, 15) is 4.79 Å². The first-order valence-electron chi connectivity index (χ1n) is 8.05. The predicted molar refractivity (Wildman–Crippen MR) is 95.5 cm³/mol. The molecule has 1 aliphatic rings. The molecule has 1 fully saturated rings. The highest BCUT2D eigenvalue weighted by atomic mass is 16.5. The first kappa shape index (κ1) is 16.1. The monoisotopic (exact) mass is 323 g/mol. The Hall–Kier alpha value is -2.75. The molecule has 0 saturated heterocycles. The van der Waals surface area contributed by atoms with Crippen LogP contribution in [0.4, 0.5) is 5.69 Å². The van der Waals surface area contributed by atoms with Gasteiger partial charge in [-0.25, -0.2) is 0 Å². The van der Waals surface area contributed by atoms with Gasteiger partial charge in [-0.2, -0.15) is 0 Å². The lowest BCUT2D eigenvalue weighted by atomic mass is 10.1. The fourth-order valence-corrected chi connectivity index (χ4v) is 2.31. The molecule has 4 nitrogen and oxygen atoms in total. The third-order valence-electron chi connectivity index (χ3n) is 3.84. The second kappa shape index (κ2) is 7.21. The Bertz CT molecular complexity index is 763. The Morgan fingerprint density at radius 2 is 1.96 bits per heavy atom. The van der Waals surface area contributed by atoms with Gasteiger partial charge in [0.05, 0.1) is 13.2 Å². The minimum Gasteiger partial charge on any atom is -0.493 e. The molecule has 1 amide bonds. The maximum Gasteiger partial charge on any atom is 0.248 e. The minimum atomic E-state index is -0.165. The van der Waals surface area contributed by atoms with Crippen molar-refractivity contribution in [2.24, 2.45) is 0 Å². The zero-order valence-corrected chi connectivity index (χ0v) is 13.9. The van der Waals surface area contributed by atoms with E-state index < -0.39 is 0 Å². The second-order valence-electron chi connectivity index (χ2n) is 5.87. The number of benzene rings is 2. The second-order valence-corrected chi connectivity index (χ2v) is 5.87. The number of ether oxygens (including phenoxy) is 2. The van der Waals surface area contributed by atoms with Crippen LogP contribution in [0.1, 0.15) is 24.0 Å². The summed E-state index contributed by atoms with van der Waals surface area (Å²) in [7, 11) is 1.62. The Labute approximate surface area is 142 Å². The fraction of sp³-hybridized carbons (Fsp3) is 0.250. The summed E-state index contributed by atoms with van der Waals surface area (Å²) in [5.41, 5.74) is 2.73. The van der Waals surface area contributed by atoms with Gasteiger partial charge >= 0.3 is 0 Å². The van der Waals surface area contributed by atoms with Crippen LogP contribution in [0.2, 0.25) is 0 Å². The number of carbonyl (C=O) groups excluding carboxylic acids is 1. The molecule has 24 heavy (non-hydrogen) atoms. The van der Waals surface area contributed by atoms with Gasteiger partial charge in [0.25, 0.3) is 0 Å². The van der Waals surface area contributed by atoms with Crippen molar-refractivity contribution in [3.8, 4) is 11.5 Å². The molecular formula is C20H21NO3. The first-order chi connectivity index (χ1) is 11.7. The zero-order chi connectivity index (χ0) is 16.9. The van der Waals surface area contributed by atoms with Crippen molar-refractivity contribution in [1.29, 1.82) is 0 Å². The molecule has 1 N–H and O–H groups in total. The third-order valence-corrected chi connectivity index (χ3v) is 3.84. The maximum absolute atomic E-state index is 12.1. The summed E-state index contributed by atoms with van der Waals surface area (Å²) >= 11 is 0. The number of rotatable bonds is 6. The van der Waals surface area contributed by atoms with Gasteiger partial charge < -0.3 is 14.8 Å². The predicted octanol–water partition coefficient (Wildman–Crippen LogP) is 4.20. The lowest BCUT2D eigenvalue weighted by Crippen LogP contribution is -2.08. The van der Waals surface area contributed by atoms with Gasteiger partial charge in [0.2, 0.25) is 5.91 Å². The van der Waals surface area contributed by atoms with Crippen molar-refractivity contribution < 1.29 is 14.3 Å². The minimum absolute atomic E-state index is 0.165. The highest BCUT2D eigenvalue weighted by molar-refractivity contribution is 6.02. The lowest BCUT2D eigenvalue weighted by molar-refractivity contribution is -0.111. The molecule has 2 aromatic rings.